The highest BCUT2D eigenvalue weighted by Crippen LogP contribution is 2.31. The van der Waals surface area contributed by atoms with Crippen LogP contribution in [0.5, 0.6) is 17.2 Å². The zero-order valence-corrected chi connectivity index (χ0v) is 15.0. The first kappa shape index (κ1) is 19.9. The van der Waals surface area contributed by atoms with Crippen LogP contribution in [0.25, 0.3) is 0 Å². The summed E-state index contributed by atoms with van der Waals surface area (Å²) in [5.41, 5.74) is 5.32. The molecule has 1 heterocycles. The Kier molecular flexibility index (Phi) is 6.86. The first-order chi connectivity index (χ1) is 13.0. The normalized spacial score (nSPS) is 11.5. The number of hydrogen-bond acceptors (Lipinski definition) is 7. The lowest BCUT2D eigenvalue weighted by molar-refractivity contribution is 0.280. The van der Waals surface area contributed by atoms with Crippen molar-refractivity contribution in [2.75, 3.05) is 21.3 Å². The number of methoxy groups -OCH3 is 2. The fourth-order valence-electron chi connectivity index (χ4n) is 1.98. The van der Waals surface area contributed by atoms with Gasteiger partial charge in [0, 0.05) is 13.1 Å². The second-order valence-corrected chi connectivity index (χ2v) is 5.05. The predicted octanol–water partition coefficient (Wildman–Crippen LogP) is 2.07. The number of ether oxygens (including phenoxy) is 3. The molecule has 8 nitrogen and oxygen atoms in total. The molecule has 0 aliphatic heterocycles. The quantitative estimate of drug-likeness (QED) is 0.534. The number of aliphatic imine (C=N–C) groups is 1. The lowest BCUT2D eigenvalue weighted by Gasteiger charge is -2.13. The Bertz CT molecular complexity index is 813. The second kappa shape index (κ2) is 9.32. The molecule has 0 aliphatic rings. The van der Waals surface area contributed by atoms with Crippen molar-refractivity contribution in [1.29, 1.82) is 0 Å². The molecular formula is C17H19F2N5O3. The van der Waals surface area contributed by atoms with Gasteiger partial charge in [-0.1, -0.05) is 0 Å². The number of nitrogens with two attached hydrogens (primary N) is 1. The van der Waals surface area contributed by atoms with Crippen LogP contribution in [0.2, 0.25) is 0 Å². The summed E-state index contributed by atoms with van der Waals surface area (Å²) in [7, 11) is 4.26. The minimum absolute atomic E-state index is 0.112. The van der Waals surface area contributed by atoms with Crippen LogP contribution in [0.4, 0.5) is 14.7 Å². The maximum atomic E-state index is 14.3. The van der Waals surface area contributed by atoms with E-state index in [1.807, 2.05) is 0 Å². The molecule has 2 rings (SSSR count). The van der Waals surface area contributed by atoms with E-state index in [0.717, 1.165) is 6.07 Å². The van der Waals surface area contributed by atoms with Crippen LogP contribution in [-0.4, -0.2) is 37.1 Å². The van der Waals surface area contributed by atoms with E-state index in [-0.39, 0.29) is 34.6 Å². The molecule has 0 radical (unpaired) electrons. The van der Waals surface area contributed by atoms with Gasteiger partial charge in [-0.25, -0.2) is 18.7 Å². The van der Waals surface area contributed by atoms with Crippen molar-refractivity contribution in [2.45, 2.75) is 6.61 Å². The van der Waals surface area contributed by atoms with E-state index in [9.17, 15) is 8.78 Å². The van der Waals surface area contributed by atoms with Crippen molar-refractivity contribution in [2.24, 2.45) is 10.7 Å². The van der Waals surface area contributed by atoms with Crippen molar-refractivity contribution < 1.29 is 23.0 Å². The Balaban J connectivity index is 2.14. The van der Waals surface area contributed by atoms with Gasteiger partial charge in [0.1, 0.15) is 12.4 Å². The average molecular weight is 379 g/mol. The van der Waals surface area contributed by atoms with Gasteiger partial charge >= 0.3 is 0 Å². The third kappa shape index (κ3) is 5.03. The van der Waals surface area contributed by atoms with Crippen LogP contribution >= 0.6 is 0 Å². The summed E-state index contributed by atoms with van der Waals surface area (Å²) in [6.07, 6.45) is 5.76. The molecule has 0 bridgehead atoms. The van der Waals surface area contributed by atoms with E-state index in [0.29, 0.717) is 0 Å². The maximum absolute atomic E-state index is 14.3. The van der Waals surface area contributed by atoms with Crippen molar-refractivity contribution >= 4 is 11.8 Å². The molecule has 0 spiro atoms. The number of nitrogens with one attached hydrogen (secondary N) is 1. The average Bonchev–Trinajstić information content (AvgIpc) is 2.67. The molecule has 0 amide bonds. The maximum Gasteiger partial charge on any atom is 0.251 e. The minimum Gasteiger partial charge on any atom is -0.494 e. The smallest absolute Gasteiger partial charge is 0.251 e. The van der Waals surface area contributed by atoms with Gasteiger partial charge in [-0.05, 0) is 12.3 Å². The summed E-state index contributed by atoms with van der Waals surface area (Å²) in [5, 5.41) is 2.77. The lowest BCUT2D eigenvalue weighted by Crippen LogP contribution is -2.09. The molecule has 2 aromatic rings. The van der Waals surface area contributed by atoms with Gasteiger partial charge in [0.15, 0.2) is 28.9 Å². The molecule has 3 N–H and O–H groups in total. The van der Waals surface area contributed by atoms with Gasteiger partial charge in [-0.2, -0.15) is 4.99 Å². The van der Waals surface area contributed by atoms with Crippen LogP contribution in [0.15, 0.2) is 35.7 Å². The Morgan fingerprint density at radius 1 is 1.19 bits per heavy atom. The molecule has 0 saturated heterocycles. The molecule has 10 heteroatoms. The van der Waals surface area contributed by atoms with Crippen molar-refractivity contribution in [3.8, 4) is 17.2 Å². The number of rotatable bonds is 8. The van der Waals surface area contributed by atoms with Gasteiger partial charge in [-0.3, -0.25) is 0 Å². The van der Waals surface area contributed by atoms with Gasteiger partial charge in [0.2, 0.25) is 0 Å². The summed E-state index contributed by atoms with van der Waals surface area (Å²) in [5.74, 6) is -1.55. The summed E-state index contributed by atoms with van der Waals surface area (Å²) < 4.78 is 43.7. The van der Waals surface area contributed by atoms with Gasteiger partial charge < -0.3 is 25.3 Å². The number of aromatic nitrogens is 2. The number of benzene rings is 1. The van der Waals surface area contributed by atoms with Gasteiger partial charge in [0.05, 0.1) is 32.2 Å². The second-order valence-electron chi connectivity index (χ2n) is 5.05. The van der Waals surface area contributed by atoms with Gasteiger partial charge in [0.25, 0.3) is 5.95 Å². The fraction of sp³-hybridized carbons (Fsp3) is 0.235. The number of hydrogen-bond donors (Lipinski definition) is 2. The Morgan fingerprint density at radius 2 is 1.78 bits per heavy atom. The number of amidine groups is 1. The largest absolute Gasteiger partial charge is 0.494 e. The first-order valence-electron chi connectivity index (χ1n) is 7.71. The van der Waals surface area contributed by atoms with Crippen molar-refractivity contribution in [3.05, 3.63) is 47.9 Å². The highest BCUT2D eigenvalue weighted by molar-refractivity contribution is 5.92. The molecule has 0 saturated carbocycles. The summed E-state index contributed by atoms with van der Waals surface area (Å²) in [6.45, 7) is -0.412. The van der Waals surface area contributed by atoms with Crippen LogP contribution < -0.4 is 25.3 Å². The Labute approximate surface area is 154 Å². The van der Waals surface area contributed by atoms with Crippen molar-refractivity contribution in [1.82, 2.24) is 15.3 Å². The Morgan fingerprint density at radius 3 is 2.30 bits per heavy atom. The van der Waals surface area contributed by atoms with E-state index in [2.05, 4.69) is 20.3 Å². The molecule has 0 aliphatic carbocycles. The zero-order valence-electron chi connectivity index (χ0n) is 15.0. The first-order valence-corrected chi connectivity index (χ1v) is 7.71. The van der Waals surface area contributed by atoms with E-state index in [1.165, 1.54) is 32.7 Å². The lowest BCUT2D eigenvalue weighted by atomic mass is 10.1. The standard InChI is InChI=1S/C17H19F2N5O3/c1-21-5-4-14(20)24-17-22-7-10(8-23-17)27-9-11-15(18)12(25-2)6-13(26-3)16(11)19/h4-8,21H,9H2,1-3H3,(H2,20,22,23,24)/b5-4-. The van der Waals surface area contributed by atoms with Crippen molar-refractivity contribution in [3.63, 3.8) is 0 Å². The van der Waals surface area contributed by atoms with E-state index >= 15 is 0 Å². The Hall–Kier alpha value is -3.43. The monoisotopic (exact) mass is 379 g/mol. The highest BCUT2D eigenvalue weighted by atomic mass is 19.1. The number of halogens is 2. The molecule has 0 fully saturated rings. The van der Waals surface area contributed by atoms with Crippen LogP contribution in [0, 0.1) is 11.6 Å². The summed E-state index contributed by atoms with van der Waals surface area (Å²) >= 11 is 0. The SMILES string of the molecule is CN/C=C\C(N)=Nc1ncc(OCc2c(F)c(OC)cc(OC)c2F)cn1. The topological polar surface area (TPSA) is 104 Å². The van der Waals surface area contributed by atoms with E-state index in [4.69, 9.17) is 19.9 Å². The summed E-state index contributed by atoms with van der Waals surface area (Å²) in [4.78, 5) is 11.9. The number of nitrogens with zero attached hydrogens (tertiary/aromatic N) is 3. The third-order valence-electron chi connectivity index (χ3n) is 3.31. The van der Waals surface area contributed by atoms with E-state index < -0.39 is 18.2 Å². The molecule has 1 aromatic carbocycles. The highest BCUT2D eigenvalue weighted by Gasteiger charge is 2.20. The van der Waals surface area contributed by atoms with Crippen LogP contribution in [-0.2, 0) is 6.61 Å². The molecule has 1 aromatic heterocycles. The molecular weight excluding hydrogens is 360 g/mol. The molecule has 0 unspecified atom stereocenters. The predicted molar refractivity (Wildman–Crippen MR) is 95.3 cm³/mol. The molecule has 27 heavy (non-hydrogen) atoms. The van der Waals surface area contributed by atoms with Gasteiger partial charge in [-0.15, -0.1) is 0 Å². The molecule has 0 atom stereocenters. The fourth-order valence-corrected chi connectivity index (χ4v) is 1.98. The van der Waals surface area contributed by atoms with Crippen LogP contribution in [0.3, 0.4) is 0 Å². The van der Waals surface area contributed by atoms with E-state index in [1.54, 1.807) is 13.2 Å². The van der Waals surface area contributed by atoms with Crippen LogP contribution in [0.1, 0.15) is 5.56 Å². The molecule has 144 valence electrons. The zero-order chi connectivity index (χ0) is 19.8. The third-order valence-corrected chi connectivity index (χ3v) is 3.31. The minimum atomic E-state index is -0.873. The summed E-state index contributed by atoms with van der Waals surface area (Å²) in [6, 6.07) is 1.12.